The van der Waals surface area contributed by atoms with Gasteiger partial charge in [-0.25, -0.2) is 4.79 Å². The van der Waals surface area contributed by atoms with E-state index in [1.54, 1.807) is 17.0 Å². The molecular weight excluding hydrogens is 218 g/mol. The molecule has 96 valence electrons. The van der Waals surface area contributed by atoms with E-state index in [0.717, 1.165) is 6.42 Å². The molecule has 1 rings (SSSR count). The van der Waals surface area contributed by atoms with E-state index in [0.29, 0.717) is 6.54 Å². The summed E-state index contributed by atoms with van der Waals surface area (Å²) < 4.78 is 2.99. The summed E-state index contributed by atoms with van der Waals surface area (Å²) in [5.74, 6) is -0.132. The minimum Gasteiger partial charge on any atom is -0.350 e. The number of nitrogens with one attached hydrogen (secondary N) is 1. The lowest BCUT2D eigenvalue weighted by Crippen LogP contribution is -2.45. The predicted octanol–water partition coefficient (Wildman–Crippen LogP) is 0.974. The molecule has 1 amide bonds. The Hall–Kier alpha value is -1.52. The molecule has 0 aliphatic carbocycles. The SMILES string of the molecule is CCn1ccn(CC(=O)NC(C)(C)CC)c1=O. The molecule has 0 saturated carbocycles. The molecule has 0 radical (unpaired) electrons. The summed E-state index contributed by atoms with van der Waals surface area (Å²) in [6, 6.07) is 0. The van der Waals surface area contributed by atoms with Gasteiger partial charge >= 0.3 is 5.69 Å². The molecule has 0 unspecified atom stereocenters. The lowest BCUT2D eigenvalue weighted by molar-refractivity contribution is -0.123. The van der Waals surface area contributed by atoms with Crippen molar-refractivity contribution in [2.75, 3.05) is 0 Å². The van der Waals surface area contributed by atoms with Gasteiger partial charge in [0.15, 0.2) is 0 Å². The van der Waals surface area contributed by atoms with E-state index < -0.39 is 0 Å². The van der Waals surface area contributed by atoms with Gasteiger partial charge in [0.05, 0.1) is 0 Å². The molecule has 0 aliphatic rings. The van der Waals surface area contributed by atoms with E-state index in [1.807, 2.05) is 27.7 Å². The largest absolute Gasteiger partial charge is 0.350 e. The molecule has 1 heterocycles. The molecule has 1 aromatic rings. The minimum absolute atomic E-state index is 0.0786. The number of carbonyl (C=O) groups excluding carboxylic acids is 1. The molecular formula is C12H21N3O2. The summed E-state index contributed by atoms with van der Waals surface area (Å²) >= 11 is 0. The summed E-state index contributed by atoms with van der Waals surface area (Å²) in [4.78, 5) is 23.5. The van der Waals surface area contributed by atoms with Crippen molar-refractivity contribution in [3.05, 3.63) is 22.9 Å². The van der Waals surface area contributed by atoms with Crippen LogP contribution in [-0.4, -0.2) is 20.6 Å². The minimum atomic E-state index is -0.228. The topological polar surface area (TPSA) is 56.0 Å². The van der Waals surface area contributed by atoms with Gasteiger partial charge < -0.3 is 5.32 Å². The summed E-state index contributed by atoms with van der Waals surface area (Å²) in [7, 11) is 0. The Bertz CT molecular complexity index is 443. The highest BCUT2D eigenvalue weighted by Gasteiger charge is 2.18. The average Bonchev–Trinajstić information content (AvgIpc) is 2.59. The second-order valence-corrected chi connectivity index (χ2v) is 4.78. The van der Waals surface area contributed by atoms with Crippen molar-refractivity contribution in [3.63, 3.8) is 0 Å². The smallest absolute Gasteiger partial charge is 0.328 e. The van der Waals surface area contributed by atoms with Crippen LogP contribution in [0.1, 0.15) is 34.1 Å². The zero-order valence-electron chi connectivity index (χ0n) is 11.0. The Balaban J connectivity index is 2.69. The number of aromatic nitrogens is 2. The van der Waals surface area contributed by atoms with Gasteiger partial charge in [0, 0.05) is 24.5 Å². The summed E-state index contributed by atoms with van der Waals surface area (Å²) in [5.41, 5.74) is -0.370. The highest BCUT2D eigenvalue weighted by Crippen LogP contribution is 2.06. The van der Waals surface area contributed by atoms with Crippen LogP contribution in [0.2, 0.25) is 0 Å². The number of carbonyl (C=O) groups is 1. The number of nitrogens with zero attached hydrogens (tertiary/aromatic N) is 2. The highest BCUT2D eigenvalue weighted by atomic mass is 16.2. The standard InChI is InChI=1S/C12H21N3O2/c1-5-12(3,4)13-10(16)9-15-8-7-14(6-2)11(15)17/h7-8H,5-6,9H2,1-4H3,(H,13,16). The fraction of sp³-hybridized carbons (Fsp3) is 0.667. The summed E-state index contributed by atoms with van der Waals surface area (Å²) in [6.07, 6.45) is 4.19. The van der Waals surface area contributed by atoms with Crippen LogP contribution in [0.4, 0.5) is 0 Å². The maximum Gasteiger partial charge on any atom is 0.328 e. The Morgan fingerprint density at radius 3 is 2.35 bits per heavy atom. The van der Waals surface area contributed by atoms with Crippen LogP contribution in [0.25, 0.3) is 0 Å². The van der Waals surface area contributed by atoms with Gasteiger partial charge in [-0.3, -0.25) is 13.9 Å². The van der Waals surface area contributed by atoms with E-state index in [9.17, 15) is 9.59 Å². The molecule has 0 aromatic carbocycles. The molecule has 0 fully saturated rings. The lowest BCUT2D eigenvalue weighted by Gasteiger charge is -2.24. The first-order valence-electron chi connectivity index (χ1n) is 5.96. The lowest BCUT2D eigenvalue weighted by atomic mass is 10.0. The summed E-state index contributed by atoms with van der Waals surface area (Å²) in [6.45, 7) is 8.53. The quantitative estimate of drug-likeness (QED) is 0.832. The van der Waals surface area contributed by atoms with Gasteiger partial charge in [-0.05, 0) is 27.2 Å². The molecule has 5 heteroatoms. The summed E-state index contributed by atoms with van der Waals surface area (Å²) in [5, 5.41) is 2.90. The van der Waals surface area contributed by atoms with Crippen LogP contribution in [0.15, 0.2) is 17.2 Å². The number of rotatable bonds is 5. The maximum atomic E-state index is 11.8. The molecule has 17 heavy (non-hydrogen) atoms. The van der Waals surface area contributed by atoms with Crippen LogP contribution in [0, 0.1) is 0 Å². The van der Waals surface area contributed by atoms with Crippen LogP contribution in [-0.2, 0) is 17.9 Å². The molecule has 0 atom stereocenters. The fourth-order valence-corrected chi connectivity index (χ4v) is 1.47. The van der Waals surface area contributed by atoms with E-state index in [1.165, 1.54) is 4.57 Å². The van der Waals surface area contributed by atoms with E-state index in [-0.39, 0.29) is 23.7 Å². The van der Waals surface area contributed by atoms with Crippen molar-refractivity contribution < 1.29 is 4.79 Å². The van der Waals surface area contributed by atoms with Crippen LogP contribution >= 0.6 is 0 Å². The zero-order valence-corrected chi connectivity index (χ0v) is 11.0. The zero-order chi connectivity index (χ0) is 13.1. The first-order chi connectivity index (χ1) is 7.89. The first kappa shape index (κ1) is 13.5. The molecule has 5 nitrogen and oxygen atoms in total. The van der Waals surface area contributed by atoms with Crippen molar-refractivity contribution >= 4 is 5.91 Å². The molecule has 0 saturated heterocycles. The molecule has 1 N–H and O–H groups in total. The predicted molar refractivity (Wildman–Crippen MR) is 66.9 cm³/mol. The Labute approximate surface area is 101 Å². The second-order valence-electron chi connectivity index (χ2n) is 4.78. The van der Waals surface area contributed by atoms with Gasteiger partial charge in [-0.15, -0.1) is 0 Å². The van der Waals surface area contributed by atoms with Crippen molar-refractivity contribution in [2.24, 2.45) is 0 Å². The average molecular weight is 239 g/mol. The van der Waals surface area contributed by atoms with E-state index in [2.05, 4.69) is 5.32 Å². The van der Waals surface area contributed by atoms with Gasteiger partial charge in [-0.1, -0.05) is 6.92 Å². The molecule has 0 bridgehead atoms. The van der Waals surface area contributed by atoms with Gasteiger partial charge in [0.2, 0.25) is 5.91 Å². The third-order valence-corrected chi connectivity index (χ3v) is 2.93. The molecule has 0 aliphatic heterocycles. The van der Waals surface area contributed by atoms with Crippen LogP contribution < -0.4 is 11.0 Å². The Morgan fingerprint density at radius 2 is 1.88 bits per heavy atom. The fourth-order valence-electron chi connectivity index (χ4n) is 1.47. The highest BCUT2D eigenvalue weighted by molar-refractivity contribution is 5.76. The third kappa shape index (κ3) is 3.47. The number of hydrogen-bond acceptors (Lipinski definition) is 2. The van der Waals surface area contributed by atoms with Gasteiger partial charge in [0.25, 0.3) is 0 Å². The maximum absolute atomic E-state index is 11.8. The van der Waals surface area contributed by atoms with Crippen molar-refractivity contribution in [1.29, 1.82) is 0 Å². The third-order valence-electron chi connectivity index (χ3n) is 2.93. The number of aryl methyl sites for hydroxylation is 1. The number of imidazole rings is 1. The second kappa shape index (κ2) is 5.21. The van der Waals surface area contributed by atoms with Crippen molar-refractivity contribution in [2.45, 2.75) is 52.7 Å². The number of hydrogen-bond donors (Lipinski definition) is 1. The van der Waals surface area contributed by atoms with Crippen LogP contribution in [0.5, 0.6) is 0 Å². The number of amides is 1. The van der Waals surface area contributed by atoms with Crippen LogP contribution in [0.3, 0.4) is 0 Å². The first-order valence-corrected chi connectivity index (χ1v) is 5.96. The van der Waals surface area contributed by atoms with E-state index >= 15 is 0 Å². The normalized spacial score (nSPS) is 11.5. The molecule has 0 spiro atoms. The monoisotopic (exact) mass is 239 g/mol. The van der Waals surface area contributed by atoms with Crippen molar-refractivity contribution in [3.8, 4) is 0 Å². The molecule has 1 aromatic heterocycles. The Morgan fingerprint density at radius 1 is 1.29 bits per heavy atom. The van der Waals surface area contributed by atoms with Gasteiger partial charge in [-0.2, -0.15) is 0 Å². The van der Waals surface area contributed by atoms with Gasteiger partial charge in [0.1, 0.15) is 6.54 Å². The Kier molecular flexibility index (Phi) is 4.15. The van der Waals surface area contributed by atoms with Crippen molar-refractivity contribution in [1.82, 2.24) is 14.5 Å². The van der Waals surface area contributed by atoms with E-state index in [4.69, 9.17) is 0 Å².